The largest absolute Gasteiger partial charge is 0.465 e. The van der Waals surface area contributed by atoms with Crippen molar-refractivity contribution in [3.8, 4) is 0 Å². The molecular weight excluding hydrogens is 278 g/mol. The van der Waals surface area contributed by atoms with Crippen molar-refractivity contribution in [3.05, 3.63) is 50.5 Å². The average Bonchev–Trinajstić information content (AvgIpc) is 2.89. The summed E-state index contributed by atoms with van der Waals surface area (Å²) in [4.78, 5) is 40.9. The molecule has 2 aromatic rings. The van der Waals surface area contributed by atoms with E-state index in [9.17, 15) is 14.4 Å². The average molecular weight is 287 g/mol. The van der Waals surface area contributed by atoms with Crippen LogP contribution in [0.15, 0.2) is 18.3 Å². The van der Waals surface area contributed by atoms with E-state index in [0.29, 0.717) is 11.1 Å². The molecule has 20 heavy (non-hydrogen) atoms. The van der Waals surface area contributed by atoms with Crippen LogP contribution in [0.25, 0.3) is 0 Å². The Balaban J connectivity index is 2.24. The number of aromatic nitrogens is 1. The fourth-order valence-corrected chi connectivity index (χ4v) is 3.20. The van der Waals surface area contributed by atoms with Gasteiger partial charge in [-0.05, 0) is 24.6 Å². The molecule has 3 rings (SSSR count). The fraction of sp³-hybridized carbons (Fsp3) is 0.143. The summed E-state index contributed by atoms with van der Waals surface area (Å²) >= 11 is 0.964. The van der Waals surface area contributed by atoms with E-state index >= 15 is 0 Å². The Morgan fingerprint density at radius 1 is 1.30 bits per heavy atom. The van der Waals surface area contributed by atoms with Crippen molar-refractivity contribution in [2.45, 2.75) is 6.92 Å². The number of aryl methyl sites for hydroxylation is 1. The van der Waals surface area contributed by atoms with Crippen LogP contribution < -0.4 is 0 Å². The molecule has 0 amide bonds. The Labute approximate surface area is 118 Å². The van der Waals surface area contributed by atoms with Gasteiger partial charge < -0.3 is 4.74 Å². The summed E-state index contributed by atoms with van der Waals surface area (Å²) < 4.78 is 4.62. The minimum atomic E-state index is -0.557. The first-order valence-corrected chi connectivity index (χ1v) is 6.63. The Morgan fingerprint density at radius 2 is 2.05 bits per heavy atom. The van der Waals surface area contributed by atoms with Crippen LogP contribution in [0.1, 0.15) is 46.5 Å². The highest BCUT2D eigenvalue weighted by molar-refractivity contribution is 7.16. The summed E-state index contributed by atoms with van der Waals surface area (Å²) in [5, 5.41) is 0. The fourth-order valence-electron chi connectivity index (χ4n) is 2.19. The van der Waals surface area contributed by atoms with Gasteiger partial charge >= 0.3 is 5.97 Å². The maximum atomic E-state index is 12.5. The molecule has 0 radical (unpaired) electrons. The third-order valence-electron chi connectivity index (χ3n) is 3.17. The first-order valence-electron chi connectivity index (χ1n) is 5.81. The van der Waals surface area contributed by atoms with Crippen LogP contribution in [0.4, 0.5) is 0 Å². The van der Waals surface area contributed by atoms with Gasteiger partial charge in [0.05, 0.1) is 17.6 Å². The monoisotopic (exact) mass is 287 g/mol. The van der Waals surface area contributed by atoms with Crippen molar-refractivity contribution in [1.29, 1.82) is 0 Å². The number of carbonyl (C=O) groups excluding carboxylic acids is 3. The number of fused-ring (bicyclic) bond motifs is 2. The SMILES string of the molecule is COC(=O)c1cc2c(s1)C(=O)c1nccc(C)c1C2=O. The number of hydrogen-bond donors (Lipinski definition) is 0. The number of pyridine rings is 1. The lowest BCUT2D eigenvalue weighted by atomic mass is 9.90. The van der Waals surface area contributed by atoms with Crippen molar-refractivity contribution < 1.29 is 19.1 Å². The van der Waals surface area contributed by atoms with Gasteiger partial charge in [-0.3, -0.25) is 14.6 Å². The van der Waals surface area contributed by atoms with E-state index in [-0.39, 0.29) is 32.6 Å². The second-order valence-electron chi connectivity index (χ2n) is 4.35. The summed E-state index contributed by atoms with van der Waals surface area (Å²) in [5.74, 6) is -1.15. The topological polar surface area (TPSA) is 73.3 Å². The number of rotatable bonds is 1. The van der Waals surface area contributed by atoms with Crippen LogP contribution in [0, 0.1) is 6.92 Å². The highest BCUT2D eigenvalue weighted by Gasteiger charge is 2.35. The highest BCUT2D eigenvalue weighted by Crippen LogP contribution is 2.33. The minimum Gasteiger partial charge on any atom is -0.465 e. The maximum absolute atomic E-state index is 12.5. The van der Waals surface area contributed by atoms with Gasteiger partial charge in [0.25, 0.3) is 0 Å². The van der Waals surface area contributed by atoms with E-state index < -0.39 is 5.97 Å². The van der Waals surface area contributed by atoms with Crippen LogP contribution in [0.3, 0.4) is 0 Å². The van der Waals surface area contributed by atoms with Crippen LogP contribution in [-0.4, -0.2) is 29.6 Å². The number of hydrogen-bond acceptors (Lipinski definition) is 6. The zero-order chi connectivity index (χ0) is 14.4. The van der Waals surface area contributed by atoms with Gasteiger partial charge in [0.1, 0.15) is 10.6 Å². The normalized spacial score (nSPS) is 12.9. The molecule has 6 heteroatoms. The van der Waals surface area contributed by atoms with Gasteiger partial charge in [0.2, 0.25) is 5.78 Å². The number of thiophene rings is 1. The molecule has 2 heterocycles. The highest BCUT2D eigenvalue weighted by atomic mass is 32.1. The van der Waals surface area contributed by atoms with E-state index in [0.717, 1.165) is 11.3 Å². The summed E-state index contributed by atoms with van der Waals surface area (Å²) in [7, 11) is 1.26. The third kappa shape index (κ3) is 1.61. The van der Waals surface area contributed by atoms with E-state index in [1.54, 1.807) is 13.0 Å². The van der Waals surface area contributed by atoms with Gasteiger partial charge in [0.15, 0.2) is 5.78 Å². The van der Waals surface area contributed by atoms with Gasteiger partial charge in [-0.25, -0.2) is 4.79 Å². The van der Waals surface area contributed by atoms with Crippen LogP contribution in [0.2, 0.25) is 0 Å². The molecule has 0 spiro atoms. The van der Waals surface area contributed by atoms with E-state index in [1.807, 2.05) is 0 Å². The van der Waals surface area contributed by atoms with Gasteiger partial charge in [-0.15, -0.1) is 11.3 Å². The lowest BCUT2D eigenvalue weighted by Crippen LogP contribution is -2.21. The molecular formula is C14H9NO4S. The molecule has 100 valence electrons. The van der Waals surface area contributed by atoms with Crippen molar-refractivity contribution in [2.24, 2.45) is 0 Å². The molecule has 0 aromatic carbocycles. The number of ketones is 2. The molecule has 0 atom stereocenters. The lowest BCUT2D eigenvalue weighted by molar-refractivity contribution is 0.0606. The predicted octanol–water partition coefficient (Wildman–Crippen LogP) is 2.01. The standard InChI is InChI=1S/C14H9NO4S/c1-6-3-4-15-10-9(6)11(16)7-5-8(14(18)19-2)20-13(7)12(10)17/h3-5H,1-2H3. The second-order valence-corrected chi connectivity index (χ2v) is 5.41. The van der Waals surface area contributed by atoms with Gasteiger partial charge in [-0.2, -0.15) is 0 Å². The molecule has 0 aliphatic heterocycles. The minimum absolute atomic E-state index is 0.153. The molecule has 0 saturated heterocycles. The number of carbonyl (C=O) groups is 3. The molecule has 0 unspecified atom stereocenters. The summed E-state index contributed by atoms with van der Waals surface area (Å²) in [6, 6.07) is 3.10. The first-order chi connectivity index (χ1) is 9.54. The zero-order valence-corrected chi connectivity index (χ0v) is 11.5. The maximum Gasteiger partial charge on any atom is 0.348 e. The zero-order valence-electron chi connectivity index (χ0n) is 10.7. The van der Waals surface area contributed by atoms with Crippen LogP contribution in [-0.2, 0) is 4.74 Å². The number of ether oxygens (including phenoxy) is 1. The van der Waals surface area contributed by atoms with E-state index in [2.05, 4.69) is 9.72 Å². The Bertz CT molecular complexity index is 775. The van der Waals surface area contributed by atoms with Crippen LogP contribution >= 0.6 is 11.3 Å². The van der Waals surface area contributed by atoms with E-state index in [4.69, 9.17) is 0 Å². The lowest BCUT2D eigenvalue weighted by Gasteiger charge is -2.14. The molecule has 0 bridgehead atoms. The summed E-state index contributed by atoms with van der Waals surface area (Å²) in [5.41, 5.74) is 1.42. The van der Waals surface area contributed by atoms with Crippen molar-refractivity contribution >= 4 is 28.9 Å². The molecule has 5 nitrogen and oxygen atoms in total. The first kappa shape index (κ1) is 12.7. The molecule has 0 fully saturated rings. The third-order valence-corrected chi connectivity index (χ3v) is 4.28. The summed E-state index contributed by atoms with van der Waals surface area (Å²) in [6.07, 6.45) is 1.50. The summed E-state index contributed by atoms with van der Waals surface area (Å²) in [6.45, 7) is 1.75. The van der Waals surface area contributed by atoms with Crippen LogP contribution in [0.5, 0.6) is 0 Å². The van der Waals surface area contributed by atoms with Gasteiger partial charge in [0, 0.05) is 11.8 Å². The number of methoxy groups -OCH3 is 1. The van der Waals surface area contributed by atoms with Crippen molar-refractivity contribution in [3.63, 3.8) is 0 Å². The Kier molecular flexibility index (Phi) is 2.76. The number of nitrogens with zero attached hydrogens (tertiary/aromatic N) is 1. The molecule has 2 aromatic heterocycles. The van der Waals surface area contributed by atoms with Crippen molar-refractivity contribution in [2.75, 3.05) is 7.11 Å². The second kappa shape index (κ2) is 4.35. The van der Waals surface area contributed by atoms with E-state index in [1.165, 1.54) is 19.4 Å². The smallest absolute Gasteiger partial charge is 0.348 e. The quantitative estimate of drug-likeness (QED) is 0.640. The Morgan fingerprint density at radius 3 is 2.75 bits per heavy atom. The number of esters is 1. The molecule has 0 N–H and O–H groups in total. The van der Waals surface area contributed by atoms with Gasteiger partial charge in [-0.1, -0.05) is 0 Å². The Hall–Kier alpha value is -2.34. The molecule has 1 aliphatic carbocycles. The molecule has 1 aliphatic rings. The van der Waals surface area contributed by atoms with Crippen molar-refractivity contribution in [1.82, 2.24) is 4.98 Å². The predicted molar refractivity (Wildman–Crippen MR) is 71.5 cm³/mol. The molecule has 0 saturated carbocycles.